The van der Waals surface area contributed by atoms with E-state index in [1.54, 1.807) is 25.3 Å². The fourth-order valence-corrected chi connectivity index (χ4v) is 4.06. The van der Waals surface area contributed by atoms with Gasteiger partial charge < -0.3 is 10.1 Å². The Morgan fingerprint density at radius 3 is 2.74 bits per heavy atom. The van der Waals surface area contributed by atoms with Gasteiger partial charge in [-0.25, -0.2) is 8.42 Å². The lowest BCUT2D eigenvalue weighted by Gasteiger charge is -2.07. The normalized spacial score (nSPS) is 16.0. The molecule has 0 saturated carbocycles. The van der Waals surface area contributed by atoms with Gasteiger partial charge in [-0.2, -0.15) is 0 Å². The largest absolute Gasteiger partial charge is 0.380 e. The minimum absolute atomic E-state index is 0.148. The van der Waals surface area contributed by atoms with Crippen molar-refractivity contribution in [1.29, 1.82) is 0 Å². The van der Waals surface area contributed by atoms with Crippen molar-refractivity contribution in [2.75, 3.05) is 13.7 Å². The topological polar surface area (TPSA) is 96.9 Å². The molecule has 0 radical (unpaired) electrons. The van der Waals surface area contributed by atoms with Crippen LogP contribution in [0.15, 0.2) is 58.4 Å². The monoisotopic (exact) mass is 387 g/mol. The lowest BCUT2D eigenvalue weighted by atomic mass is 10.1. The number of carbonyl (C=O) groups excluding carboxylic acids is 1. The summed E-state index contributed by atoms with van der Waals surface area (Å²) < 4.78 is 31.6. The molecule has 1 amide bonds. The number of amides is 1. The number of benzene rings is 2. The Morgan fingerprint density at radius 1 is 1.15 bits per heavy atom. The predicted molar refractivity (Wildman–Crippen MR) is 102 cm³/mol. The van der Waals surface area contributed by atoms with Gasteiger partial charge in [-0.05, 0) is 23.3 Å². The van der Waals surface area contributed by atoms with Crippen molar-refractivity contribution < 1.29 is 17.9 Å². The van der Waals surface area contributed by atoms with Crippen LogP contribution >= 0.6 is 0 Å². The number of amidine groups is 1. The summed E-state index contributed by atoms with van der Waals surface area (Å²) >= 11 is 0. The van der Waals surface area contributed by atoms with Crippen molar-refractivity contribution in [3.63, 3.8) is 0 Å². The molecule has 1 aliphatic heterocycles. The maximum Gasteiger partial charge on any atom is 0.263 e. The van der Waals surface area contributed by atoms with Gasteiger partial charge in [-0.1, -0.05) is 36.4 Å². The molecule has 2 aromatic rings. The van der Waals surface area contributed by atoms with Crippen LogP contribution in [0.2, 0.25) is 0 Å². The van der Waals surface area contributed by atoms with E-state index < -0.39 is 10.0 Å². The highest BCUT2D eigenvalue weighted by Crippen LogP contribution is 2.22. The molecule has 0 bridgehead atoms. The summed E-state index contributed by atoms with van der Waals surface area (Å²) in [7, 11) is -1.91. The second-order valence-corrected chi connectivity index (χ2v) is 7.76. The smallest absolute Gasteiger partial charge is 0.263 e. The number of aliphatic imine (C=N–C) groups is 1. The van der Waals surface area contributed by atoms with Crippen molar-refractivity contribution in [2.45, 2.75) is 24.5 Å². The van der Waals surface area contributed by atoms with E-state index in [0.717, 1.165) is 11.1 Å². The Bertz CT molecular complexity index is 970. The first-order valence-corrected chi connectivity index (χ1v) is 9.98. The summed E-state index contributed by atoms with van der Waals surface area (Å²) in [6, 6.07) is 14.4. The van der Waals surface area contributed by atoms with Gasteiger partial charge in [0.15, 0.2) is 0 Å². The fourth-order valence-electron chi connectivity index (χ4n) is 2.81. The number of carbonyl (C=O) groups is 1. The molecule has 0 aromatic heterocycles. The zero-order chi connectivity index (χ0) is 19.3. The van der Waals surface area contributed by atoms with E-state index in [1.165, 1.54) is 6.07 Å². The first-order valence-electron chi connectivity index (χ1n) is 8.50. The third-order valence-electron chi connectivity index (χ3n) is 4.06. The molecule has 1 aliphatic rings. The molecule has 1 heterocycles. The molecule has 0 fully saturated rings. The average molecular weight is 387 g/mol. The summed E-state index contributed by atoms with van der Waals surface area (Å²) in [6.07, 6.45) is 0.172. The van der Waals surface area contributed by atoms with E-state index in [0.29, 0.717) is 18.7 Å². The molecule has 27 heavy (non-hydrogen) atoms. The van der Waals surface area contributed by atoms with Crippen LogP contribution in [0.1, 0.15) is 23.1 Å². The second-order valence-electron chi connectivity index (χ2n) is 6.11. The standard InChI is InChI=1S/C19H21N3O4S/c1-26-13-15-6-4-5-14(11-15)12-21-18(23)9-10-20-19-16-7-2-3-8-17(16)27(24,25)22-19/h2-8,11H,9-10,12-13H2,1H3,(H,20,22)(H,21,23). The summed E-state index contributed by atoms with van der Waals surface area (Å²) in [4.78, 5) is 16.5. The number of ether oxygens (including phenoxy) is 1. The minimum atomic E-state index is -3.55. The summed E-state index contributed by atoms with van der Waals surface area (Å²) in [5.41, 5.74) is 2.57. The van der Waals surface area contributed by atoms with E-state index in [1.807, 2.05) is 24.3 Å². The van der Waals surface area contributed by atoms with Gasteiger partial charge >= 0.3 is 0 Å². The Balaban J connectivity index is 1.53. The SMILES string of the molecule is COCc1cccc(CNC(=O)CCN=C2NS(=O)(=O)c3ccccc32)c1. The molecule has 3 rings (SSSR count). The van der Waals surface area contributed by atoms with Gasteiger partial charge in [0.05, 0.1) is 18.0 Å². The zero-order valence-electron chi connectivity index (χ0n) is 14.9. The summed E-state index contributed by atoms with van der Waals surface area (Å²) in [6.45, 7) is 1.14. The van der Waals surface area contributed by atoms with Crippen LogP contribution in [0.4, 0.5) is 0 Å². The fraction of sp³-hybridized carbons (Fsp3) is 0.263. The molecule has 0 aliphatic carbocycles. The number of nitrogens with one attached hydrogen (secondary N) is 2. The van der Waals surface area contributed by atoms with Gasteiger partial charge in [0.2, 0.25) is 5.91 Å². The molecule has 0 spiro atoms. The highest BCUT2D eigenvalue weighted by atomic mass is 32.2. The summed E-state index contributed by atoms with van der Waals surface area (Å²) in [5.74, 6) is 0.135. The lowest BCUT2D eigenvalue weighted by Crippen LogP contribution is -2.25. The van der Waals surface area contributed by atoms with Gasteiger partial charge in [0.25, 0.3) is 10.0 Å². The Labute approximate surface area is 158 Å². The molecule has 142 valence electrons. The number of nitrogens with zero attached hydrogens (tertiary/aromatic N) is 1. The van der Waals surface area contributed by atoms with Crippen molar-refractivity contribution >= 4 is 21.8 Å². The molecule has 2 aromatic carbocycles. The van der Waals surface area contributed by atoms with E-state index in [2.05, 4.69) is 15.0 Å². The van der Waals surface area contributed by atoms with E-state index in [-0.39, 0.29) is 29.6 Å². The molecular formula is C19H21N3O4S. The summed E-state index contributed by atoms with van der Waals surface area (Å²) in [5, 5.41) is 2.84. The number of hydrogen-bond donors (Lipinski definition) is 2. The van der Waals surface area contributed by atoms with Crippen LogP contribution in [0.25, 0.3) is 0 Å². The number of fused-ring (bicyclic) bond motifs is 1. The molecule has 8 heteroatoms. The molecular weight excluding hydrogens is 366 g/mol. The highest BCUT2D eigenvalue weighted by molar-refractivity contribution is 7.90. The van der Waals surface area contributed by atoms with E-state index in [9.17, 15) is 13.2 Å². The van der Waals surface area contributed by atoms with Crippen molar-refractivity contribution in [1.82, 2.24) is 10.0 Å². The molecule has 0 unspecified atom stereocenters. The van der Waals surface area contributed by atoms with Crippen LogP contribution in [0, 0.1) is 0 Å². The quantitative estimate of drug-likeness (QED) is 0.754. The van der Waals surface area contributed by atoms with Gasteiger partial charge in [-0.15, -0.1) is 0 Å². The minimum Gasteiger partial charge on any atom is -0.380 e. The number of methoxy groups -OCH3 is 1. The third kappa shape index (κ3) is 4.72. The number of sulfonamides is 1. The van der Waals surface area contributed by atoms with Gasteiger partial charge in [-0.3, -0.25) is 14.5 Å². The molecule has 2 N–H and O–H groups in total. The second kappa shape index (κ2) is 8.32. The van der Waals surface area contributed by atoms with Crippen LogP contribution in [-0.4, -0.2) is 33.8 Å². The molecule has 0 atom stereocenters. The lowest BCUT2D eigenvalue weighted by molar-refractivity contribution is -0.121. The van der Waals surface area contributed by atoms with Gasteiger partial charge in [0, 0.05) is 25.6 Å². The van der Waals surface area contributed by atoms with Crippen molar-refractivity contribution in [3.8, 4) is 0 Å². The van der Waals surface area contributed by atoms with Crippen LogP contribution in [0.3, 0.4) is 0 Å². The van der Waals surface area contributed by atoms with Gasteiger partial charge in [0.1, 0.15) is 5.84 Å². The number of hydrogen-bond acceptors (Lipinski definition) is 5. The molecule has 7 nitrogen and oxygen atoms in total. The third-order valence-corrected chi connectivity index (χ3v) is 5.46. The van der Waals surface area contributed by atoms with Crippen LogP contribution < -0.4 is 10.0 Å². The number of rotatable bonds is 7. The zero-order valence-corrected chi connectivity index (χ0v) is 15.8. The van der Waals surface area contributed by atoms with E-state index >= 15 is 0 Å². The van der Waals surface area contributed by atoms with E-state index in [4.69, 9.17) is 4.74 Å². The highest BCUT2D eigenvalue weighted by Gasteiger charge is 2.29. The van der Waals surface area contributed by atoms with Crippen molar-refractivity contribution in [2.24, 2.45) is 4.99 Å². The van der Waals surface area contributed by atoms with Crippen molar-refractivity contribution in [3.05, 3.63) is 65.2 Å². The molecule has 0 saturated heterocycles. The Morgan fingerprint density at radius 2 is 1.93 bits per heavy atom. The maximum absolute atomic E-state index is 12.0. The first kappa shape index (κ1) is 19.1. The van der Waals surface area contributed by atoms with Crippen LogP contribution in [0.5, 0.6) is 0 Å². The first-order chi connectivity index (χ1) is 13.0. The average Bonchev–Trinajstić information content (AvgIpc) is 2.92. The maximum atomic E-state index is 12.0. The van der Waals surface area contributed by atoms with Crippen LogP contribution in [-0.2, 0) is 32.7 Å². The predicted octanol–water partition coefficient (Wildman–Crippen LogP) is 1.58. The Kier molecular flexibility index (Phi) is 5.88. The Hall–Kier alpha value is -2.71.